The van der Waals surface area contributed by atoms with Gasteiger partial charge in [-0.3, -0.25) is 0 Å². The van der Waals surface area contributed by atoms with Gasteiger partial charge in [-0.2, -0.15) is 5.26 Å². The van der Waals surface area contributed by atoms with Crippen LogP contribution in [-0.2, 0) is 0 Å². The van der Waals surface area contributed by atoms with E-state index >= 15 is 0 Å². The molecule has 0 aliphatic heterocycles. The monoisotopic (exact) mass is 306 g/mol. The maximum atomic E-state index is 13.5. The summed E-state index contributed by atoms with van der Waals surface area (Å²) in [6.45, 7) is 0. The first-order valence-electron chi connectivity index (χ1n) is 6.72. The van der Waals surface area contributed by atoms with Gasteiger partial charge >= 0.3 is 0 Å². The zero-order valence-electron chi connectivity index (χ0n) is 11.9. The van der Waals surface area contributed by atoms with Crippen molar-refractivity contribution in [2.75, 3.05) is 5.73 Å². The van der Waals surface area contributed by atoms with Crippen LogP contribution < -0.4 is 5.73 Å². The SMILES string of the molecule is N#Cc1c(N)nc(-c2cc(F)ccc2O)nc1-c1ccccc1. The Balaban J connectivity index is 2.27. The Bertz CT molecular complexity index is 920. The Morgan fingerprint density at radius 1 is 1.09 bits per heavy atom. The van der Waals surface area contributed by atoms with E-state index in [1.54, 1.807) is 24.3 Å². The topological polar surface area (TPSA) is 95.8 Å². The number of nitriles is 1. The first kappa shape index (κ1) is 14.5. The summed E-state index contributed by atoms with van der Waals surface area (Å²) in [5.41, 5.74) is 7.10. The molecule has 0 amide bonds. The molecule has 0 radical (unpaired) electrons. The standard InChI is InChI=1S/C17H11FN4O/c18-11-6-7-14(23)12(8-11)17-21-15(10-4-2-1-3-5-10)13(9-19)16(20)22-17/h1-8,23H,(H2,20,21,22). The number of phenolic OH excluding ortho intramolecular Hbond substituents is 1. The second kappa shape index (κ2) is 5.73. The maximum Gasteiger partial charge on any atom is 0.166 e. The van der Waals surface area contributed by atoms with Crippen molar-refractivity contribution in [3.63, 3.8) is 0 Å². The molecule has 0 spiro atoms. The summed E-state index contributed by atoms with van der Waals surface area (Å²) < 4.78 is 13.5. The first-order valence-corrected chi connectivity index (χ1v) is 6.72. The van der Waals surface area contributed by atoms with Crippen LogP contribution in [0, 0.1) is 17.1 Å². The quantitative estimate of drug-likeness (QED) is 0.758. The van der Waals surface area contributed by atoms with Crippen molar-refractivity contribution in [2.24, 2.45) is 0 Å². The fraction of sp³-hybridized carbons (Fsp3) is 0. The molecule has 0 atom stereocenters. The highest BCUT2D eigenvalue weighted by Gasteiger charge is 2.17. The Labute approximate surface area is 131 Å². The van der Waals surface area contributed by atoms with Gasteiger partial charge in [-0.25, -0.2) is 14.4 Å². The molecule has 0 aliphatic carbocycles. The third kappa shape index (κ3) is 2.68. The molecule has 0 aliphatic rings. The molecule has 1 heterocycles. The van der Waals surface area contributed by atoms with Crippen LogP contribution in [0.1, 0.15) is 5.56 Å². The molecule has 0 saturated carbocycles. The smallest absolute Gasteiger partial charge is 0.166 e. The molecule has 6 heteroatoms. The number of halogens is 1. The number of phenols is 1. The van der Waals surface area contributed by atoms with Crippen molar-refractivity contribution in [2.45, 2.75) is 0 Å². The second-order valence-corrected chi connectivity index (χ2v) is 4.80. The normalized spacial score (nSPS) is 10.3. The molecular formula is C17H11FN4O. The largest absolute Gasteiger partial charge is 0.507 e. The number of hydrogen-bond donors (Lipinski definition) is 2. The van der Waals surface area contributed by atoms with Gasteiger partial charge < -0.3 is 10.8 Å². The molecule has 0 bridgehead atoms. The maximum absolute atomic E-state index is 13.5. The van der Waals surface area contributed by atoms with Crippen LogP contribution in [-0.4, -0.2) is 15.1 Å². The highest BCUT2D eigenvalue weighted by molar-refractivity contribution is 5.76. The molecule has 112 valence electrons. The molecule has 3 aromatic rings. The Morgan fingerprint density at radius 3 is 2.52 bits per heavy atom. The summed E-state index contributed by atoms with van der Waals surface area (Å²) in [5.74, 6) is -0.683. The van der Waals surface area contributed by atoms with E-state index in [9.17, 15) is 14.8 Å². The van der Waals surface area contributed by atoms with E-state index in [1.807, 2.05) is 12.1 Å². The number of anilines is 1. The third-order valence-corrected chi connectivity index (χ3v) is 3.30. The number of nitrogens with two attached hydrogens (primary N) is 1. The summed E-state index contributed by atoms with van der Waals surface area (Å²) in [5, 5.41) is 19.2. The van der Waals surface area contributed by atoms with Crippen LogP contribution in [0.4, 0.5) is 10.2 Å². The number of benzene rings is 2. The molecule has 3 N–H and O–H groups in total. The van der Waals surface area contributed by atoms with Gasteiger partial charge in [0.25, 0.3) is 0 Å². The van der Waals surface area contributed by atoms with Gasteiger partial charge in [0.05, 0.1) is 11.3 Å². The number of hydrogen-bond acceptors (Lipinski definition) is 5. The van der Waals surface area contributed by atoms with Crippen molar-refractivity contribution in [1.82, 2.24) is 9.97 Å². The van der Waals surface area contributed by atoms with Crippen LogP contribution >= 0.6 is 0 Å². The Hall–Kier alpha value is -3.46. The average Bonchev–Trinajstić information content (AvgIpc) is 2.57. The van der Waals surface area contributed by atoms with E-state index < -0.39 is 5.82 Å². The lowest BCUT2D eigenvalue weighted by atomic mass is 10.1. The molecule has 2 aromatic carbocycles. The minimum atomic E-state index is -0.536. The number of aromatic nitrogens is 2. The first-order chi connectivity index (χ1) is 11.1. The van der Waals surface area contributed by atoms with Crippen molar-refractivity contribution in [3.05, 3.63) is 59.9 Å². The molecule has 0 saturated heterocycles. The fourth-order valence-corrected chi connectivity index (χ4v) is 2.20. The van der Waals surface area contributed by atoms with Gasteiger partial charge in [-0.05, 0) is 18.2 Å². The minimum Gasteiger partial charge on any atom is -0.507 e. The van der Waals surface area contributed by atoms with Crippen LogP contribution in [0.25, 0.3) is 22.6 Å². The number of rotatable bonds is 2. The minimum absolute atomic E-state index is 0.0278. The van der Waals surface area contributed by atoms with Gasteiger partial charge in [0, 0.05) is 5.56 Å². The predicted molar refractivity (Wildman–Crippen MR) is 83.7 cm³/mol. The molecular weight excluding hydrogens is 295 g/mol. The van der Waals surface area contributed by atoms with Crippen molar-refractivity contribution < 1.29 is 9.50 Å². The van der Waals surface area contributed by atoms with Crippen LogP contribution in [0.5, 0.6) is 5.75 Å². The summed E-state index contributed by atoms with van der Waals surface area (Å²) in [7, 11) is 0. The Kier molecular flexibility index (Phi) is 3.61. The van der Waals surface area contributed by atoms with Crippen LogP contribution in [0.3, 0.4) is 0 Å². The van der Waals surface area contributed by atoms with E-state index in [0.29, 0.717) is 11.3 Å². The van der Waals surface area contributed by atoms with E-state index in [0.717, 1.165) is 12.1 Å². The molecule has 5 nitrogen and oxygen atoms in total. The lowest BCUT2D eigenvalue weighted by Crippen LogP contribution is -2.03. The second-order valence-electron chi connectivity index (χ2n) is 4.80. The van der Waals surface area contributed by atoms with Crippen LogP contribution in [0.2, 0.25) is 0 Å². The van der Waals surface area contributed by atoms with Gasteiger partial charge in [0.2, 0.25) is 0 Å². The van der Waals surface area contributed by atoms with Gasteiger partial charge in [-0.15, -0.1) is 0 Å². The Morgan fingerprint density at radius 2 is 1.83 bits per heavy atom. The fourth-order valence-electron chi connectivity index (χ4n) is 2.20. The summed E-state index contributed by atoms with van der Waals surface area (Å²) in [4.78, 5) is 8.33. The van der Waals surface area contributed by atoms with Crippen molar-refractivity contribution in [3.8, 4) is 34.5 Å². The molecule has 3 rings (SSSR count). The molecule has 1 aromatic heterocycles. The number of aromatic hydroxyl groups is 1. The zero-order chi connectivity index (χ0) is 16.4. The highest BCUT2D eigenvalue weighted by Crippen LogP contribution is 2.31. The number of nitrogens with zero attached hydrogens (tertiary/aromatic N) is 3. The molecule has 0 fully saturated rings. The predicted octanol–water partition coefficient (Wildman–Crippen LogP) is 3.11. The zero-order valence-corrected chi connectivity index (χ0v) is 11.9. The van der Waals surface area contributed by atoms with Gasteiger partial charge in [-0.1, -0.05) is 30.3 Å². The highest BCUT2D eigenvalue weighted by atomic mass is 19.1. The molecule has 0 unspecified atom stereocenters. The lowest BCUT2D eigenvalue weighted by molar-refractivity contribution is 0.475. The van der Waals surface area contributed by atoms with Gasteiger partial charge in [0.15, 0.2) is 5.82 Å². The summed E-state index contributed by atoms with van der Waals surface area (Å²) in [6, 6.07) is 14.4. The van der Waals surface area contributed by atoms with E-state index in [2.05, 4.69) is 9.97 Å². The summed E-state index contributed by atoms with van der Waals surface area (Å²) in [6.07, 6.45) is 0. The molecule has 23 heavy (non-hydrogen) atoms. The summed E-state index contributed by atoms with van der Waals surface area (Å²) >= 11 is 0. The third-order valence-electron chi connectivity index (χ3n) is 3.30. The average molecular weight is 306 g/mol. The van der Waals surface area contributed by atoms with Gasteiger partial charge in [0.1, 0.15) is 29.0 Å². The van der Waals surface area contributed by atoms with E-state index in [1.165, 1.54) is 6.07 Å². The van der Waals surface area contributed by atoms with E-state index in [-0.39, 0.29) is 28.5 Å². The number of nitrogen functional groups attached to an aromatic ring is 1. The van der Waals surface area contributed by atoms with Crippen molar-refractivity contribution in [1.29, 1.82) is 5.26 Å². The van der Waals surface area contributed by atoms with Crippen LogP contribution in [0.15, 0.2) is 48.5 Å². The van der Waals surface area contributed by atoms with Crippen molar-refractivity contribution >= 4 is 5.82 Å². The van der Waals surface area contributed by atoms with E-state index in [4.69, 9.17) is 5.73 Å². The lowest BCUT2D eigenvalue weighted by Gasteiger charge is -2.10.